The first-order valence-electron chi connectivity index (χ1n) is 6.74. The molecule has 108 valence electrons. The van der Waals surface area contributed by atoms with Crippen molar-refractivity contribution in [3.8, 4) is 0 Å². The SMILES string of the molecule is O=C(Nc1nnc(/C=C/c2ccccc2)s1)c1ccccc1. The molecule has 0 saturated heterocycles. The third-order valence-electron chi connectivity index (χ3n) is 2.92. The van der Waals surface area contributed by atoms with Crippen molar-refractivity contribution >= 4 is 34.5 Å². The Kier molecular flexibility index (Phi) is 4.36. The number of carbonyl (C=O) groups excluding carboxylic acids is 1. The van der Waals surface area contributed by atoms with E-state index in [2.05, 4.69) is 15.5 Å². The van der Waals surface area contributed by atoms with Crippen LogP contribution in [0, 0.1) is 0 Å². The van der Waals surface area contributed by atoms with Gasteiger partial charge in [0.1, 0.15) is 5.01 Å². The van der Waals surface area contributed by atoms with Crippen LogP contribution in [-0.2, 0) is 0 Å². The number of hydrogen-bond acceptors (Lipinski definition) is 4. The molecule has 0 bridgehead atoms. The fourth-order valence-corrected chi connectivity index (χ4v) is 2.48. The molecule has 0 spiro atoms. The van der Waals surface area contributed by atoms with Gasteiger partial charge in [0.25, 0.3) is 5.91 Å². The second-order valence-electron chi connectivity index (χ2n) is 4.51. The van der Waals surface area contributed by atoms with Crippen LogP contribution in [0.5, 0.6) is 0 Å². The van der Waals surface area contributed by atoms with Gasteiger partial charge in [-0.05, 0) is 23.8 Å². The van der Waals surface area contributed by atoms with Gasteiger partial charge in [-0.2, -0.15) is 0 Å². The summed E-state index contributed by atoms with van der Waals surface area (Å²) in [4.78, 5) is 12.0. The molecule has 4 nitrogen and oxygen atoms in total. The Morgan fingerprint density at radius 2 is 1.59 bits per heavy atom. The van der Waals surface area contributed by atoms with Crippen LogP contribution < -0.4 is 5.32 Å². The van der Waals surface area contributed by atoms with E-state index in [0.717, 1.165) is 10.6 Å². The zero-order chi connectivity index (χ0) is 15.2. The molecule has 0 fully saturated rings. The Morgan fingerprint density at radius 1 is 0.909 bits per heavy atom. The molecule has 22 heavy (non-hydrogen) atoms. The van der Waals surface area contributed by atoms with Crippen LogP contribution in [0.15, 0.2) is 60.7 Å². The number of aromatic nitrogens is 2. The highest BCUT2D eigenvalue weighted by Gasteiger charge is 2.08. The lowest BCUT2D eigenvalue weighted by Gasteiger charge is -1.99. The fourth-order valence-electron chi connectivity index (χ4n) is 1.84. The molecule has 1 amide bonds. The van der Waals surface area contributed by atoms with Crippen LogP contribution >= 0.6 is 11.3 Å². The zero-order valence-corrected chi connectivity index (χ0v) is 12.5. The Labute approximate surface area is 132 Å². The average molecular weight is 307 g/mol. The molecule has 0 atom stereocenters. The topological polar surface area (TPSA) is 54.9 Å². The molecule has 1 N–H and O–H groups in total. The van der Waals surface area contributed by atoms with E-state index in [0.29, 0.717) is 10.7 Å². The van der Waals surface area contributed by atoms with Crippen molar-refractivity contribution in [2.24, 2.45) is 0 Å². The predicted octanol–water partition coefficient (Wildman–Crippen LogP) is 3.96. The molecule has 0 aliphatic heterocycles. The van der Waals surface area contributed by atoms with E-state index in [1.807, 2.05) is 60.7 Å². The smallest absolute Gasteiger partial charge is 0.257 e. The molecule has 0 aliphatic carbocycles. The van der Waals surface area contributed by atoms with Gasteiger partial charge in [0, 0.05) is 5.56 Å². The monoisotopic (exact) mass is 307 g/mol. The highest BCUT2D eigenvalue weighted by Crippen LogP contribution is 2.18. The van der Waals surface area contributed by atoms with E-state index >= 15 is 0 Å². The van der Waals surface area contributed by atoms with Gasteiger partial charge in [-0.25, -0.2) is 0 Å². The maximum atomic E-state index is 12.0. The molecule has 0 unspecified atom stereocenters. The number of amides is 1. The number of hydrogen-bond donors (Lipinski definition) is 1. The van der Waals surface area contributed by atoms with E-state index < -0.39 is 0 Å². The van der Waals surface area contributed by atoms with Crippen molar-refractivity contribution in [3.63, 3.8) is 0 Å². The average Bonchev–Trinajstić information content (AvgIpc) is 3.02. The van der Waals surface area contributed by atoms with Gasteiger partial charge in [-0.15, -0.1) is 10.2 Å². The third-order valence-corrected chi connectivity index (χ3v) is 3.72. The van der Waals surface area contributed by atoms with Gasteiger partial charge in [-0.3, -0.25) is 10.1 Å². The van der Waals surface area contributed by atoms with Crippen LogP contribution in [0.3, 0.4) is 0 Å². The number of carbonyl (C=O) groups is 1. The van der Waals surface area contributed by atoms with E-state index in [1.165, 1.54) is 11.3 Å². The maximum absolute atomic E-state index is 12.0. The summed E-state index contributed by atoms with van der Waals surface area (Å²) in [6.07, 6.45) is 3.84. The Hall–Kier alpha value is -2.79. The minimum atomic E-state index is -0.185. The molecule has 3 aromatic rings. The first-order chi connectivity index (χ1) is 10.8. The number of rotatable bonds is 4. The second-order valence-corrected chi connectivity index (χ2v) is 5.52. The zero-order valence-electron chi connectivity index (χ0n) is 11.6. The van der Waals surface area contributed by atoms with E-state index in [1.54, 1.807) is 12.1 Å². The third kappa shape index (κ3) is 3.65. The number of benzene rings is 2. The molecule has 0 radical (unpaired) electrons. The largest absolute Gasteiger partial charge is 0.296 e. The van der Waals surface area contributed by atoms with Crippen molar-refractivity contribution in [1.82, 2.24) is 10.2 Å². The van der Waals surface area contributed by atoms with Gasteiger partial charge in [0.15, 0.2) is 0 Å². The Bertz CT molecular complexity index is 782. The van der Waals surface area contributed by atoms with E-state index in [-0.39, 0.29) is 5.91 Å². The van der Waals surface area contributed by atoms with Crippen LogP contribution in [0.4, 0.5) is 5.13 Å². The van der Waals surface area contributed by atoms with Gasteiger partial charge in [0.05, 0.1) is 0 Å². The van der Waals surface area contributed by atoms with E-state index in [4.69, 9.17) is 0 Å². The maximum Gasteiger partial charge on any atom is 0.257 e. The quantitative estimate of drug-likeness (QED) is 0.793. The fraction of sp³-hybridized carbons (Fsp3) is 0. The summed E-state index contributed by atoms with van der Waals surface area (Å²) < 4.78 is 0. The molecule has 1 heterocycles. The normalized spacial score (nSPS) is 10.7. The number of nitrogens with one attached hydrogen (secondary N) is 1. The van der Waals surface area contributed by atoms with Gasteiger partial charge in [-0.1, -0.05) is 65.9 Å². The highest BCUT2D eigenvalue weighted by atomic mass is 32.1. The molecular weight excluding hydrogens is 294 g/mol. The first kappa shape index (κ1) is 14.2. The standard InChI is InChI=1S/C17H13N3OS/c21-16(14-9-5-2-6-10-14)18-17-20-19-15(22-17)12-11-13-7-3-1-4-8-13/h1-12H,(H,18,20,21)/b12-11+. The van der Waals surface area contributed by atoms with Gasteiger partial charge < -0.3 is 0 Å². The molecule has 2 aromatic carbocycles. The van der Waals surface area contributed by atoms with Gasteiger partial charge >= 0.3 is 0 Å². The lowest BCUT2D eigenvalue weighted by Crippen LogP contribution is -2.11. The summed E-state index contributed by atoms with van der Waals surface area (Å²) in [6, 6.07) is 19.0. The Morgan fingerprint density at radius 3 is 2.32 bits per heavy atom. The summed E-state index contributed by atoms with van der Waals surface area (Å²) in [6.45, 7) is 0. The second kappa shape index (κ2) is 6.78. The summed E-state index contributed by atoms with van der Waals surface area (Å²) in [7, 11) is 0. The van der Waals surface area contributed by atoms with Crippen LogP contribution in [0.1, 0.15) is 20.9 Å². The number of anilines is 1. The van der Waals surface area contributed by atoms with Gasteiger partial charge in [0.2, 0.25) is 5.13 Å². The van der Waals surface area contributed by atoms with Crippen molar-refractivity contribution < 1.29 is 4.79 Å². The summed E-state index contributed by atoms with van der Waals surface area (Å²) in [5.41, 5.74) is 1.69. The minimum absolute atomic E-state index is 0.185. The summed E-state index contributed by atoms with van der Waals surface area (Å²) in [5, 5.41) is 12.0. The van der Waals surface area contributed by atoms with E-state index in [9.17, 15) is 4.79 Å². The first-order valence-corrected chi connectivity index (χ1v) is 7.56. The molecular formula is C17H13N3OS. The van der Waals surface area contributed by atoms with Crippen molar-refractivity contribution in [2.45, 2.75) is 0 Å². The molecule has 0 saturated carbocycles. The molecule has 5 heteroatoms. The van der Waals surface area contributed by atoms with Crippen LogP contribution in [0.2, 0.25) is 0 Å². The Balaban J connectivity index is 1.67. The molecule has 3 rings (SSSR count). The number of nitrogens with zero attached hydrogens (tertiary/aromatic N) is 2. The lowest BCUT2D eigenvalue weighted by atomic mass is 10.2. The van der Waals surface area contributed by atoms with Crippen molar-refractivity contribution in [1.29, 1.82) is 0 Å². The molecule has 0 aliphatic rings. The van der Waals surface area contributed by atoms with Crippen LogP contribution in [0.25, 0.3) is 12.2 Å². The predicted molar refractivity (Wildman–Crippen MR) is 89.7 cm³/mol. The van der Waals surface area contributed by atoms with Crippen molar-refractivity contribution in [2.75, 3.05) is 5.32 Å². The minimum Gasteiger partial charge on any atom is -0.296 e. The van der Waals surface area contributed by atoms with Crippen LogP contribution in [-0.4, -0.2) is 16.1 Å². The lowest BCUT2D eigenvalue weighted by molar-refractivity contribution is 0.102. The summed E-state index contributed by atoms with van der Waals surface area (Å²) >= 11 is 1.33. The summed E-state index contributed by atoms with van der Waals surface area (Å²) in [5.74, 6) is -0.185. The van der Waals surface area contributed by atoms with Crippen molar-refractivity contribution in [3.05, 3.63) is 76.8 Å². The highest BCUT2D eigenvalue weighted by molar-refractivity contribution is 7.16. The molecule has 1 aromatic heterocycles.